The summed E-state index contributed by atoms with van der Waals surface area (Å²) in [5, 5.41) is 0. The fourth-order valence-corrected chi connectivity index (χ4v) is 3.21. The van der Waals surface area contributed by atoms with Crippen molar-refractivity contribution in [1.29, 1.82) is 0 Å². The first-order valence-corrected chi connectivity index (χ1v) is 6.83. The third-order valence-corrected chi connectivity index (χ3v) is 4.54. The number of anilines is 2. The number of piperidine rings is 1. The summed E-state index contributed by atoms with van der Waals surface area (Å²) in [5.41, 5.74) is 6.24. The number of nitrogen functional groups attached to an aromatic ring is 1. The number of pyridine rings is 1. The second-order valence-corrected chi connectivity index (χ2v) is 5.69. The summed E-state index contributed by atoms with van der Waals surface area (Å²) in [5.74, 6) is 1.29. The van der Waals surface area contributed by atoms with E-state index in [9.17, 15) is 4.79 Å². The van der Waals surface area contributed by atoms with Gasteiger partial charge in [-0.05, 0) is 31.4 Å². The Morgan fingerprint density at radius 1 is 1.21 bits per heavy atom. The molecule has 0 unspecified atom stereocenters. The molecule has 2 aliphatic heterocycles. The molecule has 1 aromatic rings. The van der Waals surface area contributed by atoms with Crippen LogP contribution in [0.1, 0.15) is 19.3 Å². The molecule has 0 bridgehead atoms. The maximum atomic E-state index is 12.2. The van der Waals surface area contributed by atoms with Gasteiger partial charge in [-0.1, -0.05) is 0 Å². The Labute approximate surface area is 113 Å². The lowest BCUT2D eigenvalue weighted by Gasteiger charge is -2.38. The van der Waals surface area contributed by atoms with Gasteiger partial charge in [-0.15, -0.1) is 0 Å². The monoisotopic (exact) mass is 260 g/mol. The second-order valence-electron chi connectivity index (χ2n) is 5.69. The van der Waals surface area contributed by atoms with E-state index < -0.39 is 0 Å². The summed E-state index contributed by atoms with van der Waals surface area (Å²) in [4.78, 5) is 20.7. The Kier molecular flexibility index (Phi) is 2.84. The first kappa shape index (κ1) is 12.3. The van der Waals surface area contributed by atoms with Crippen LogP contribution in [0.4, 0.5) is 11.5 Å². The van der Waals surface area contributed by atoms with Crippen molar-refractivity contribution >= 4 is 17.4 Å². The number of nitrogens with two attached hydrogens (primary N) is 1. The number of amides is 1. The van der Waals surface area contributed by atoms with E-state index in [0.717, 1.165) is 44.7 Å². The molecular formula is C14H20N4O. The molecule has 3 heterocycles. The summed E-state index contributed by atoms with van der Waals surface area (Å²) in [7, 11) is 1.91. The van der Waals surface area contributed by atoms with Crippen LogP contribution in [0.2, 0.25) is 0 Å². The standard InChI is InChI=1S/C14H20N4O/c1-17-7-4-14(13(17)19)5-8-18(9-6-14)12-3-2-11(15)10-16-12/h2-3,10H,4-9,15H2,1H3. The van der Waals surface area contributed by atoms with Crippen LogP contribution in [-0.2, 0) is 4.79 Å². The van der Waals surface area contributed by atoms with E-state index in [1.165, 1.54) is 0 Å². The van der Waals surface area contributed by atoms with Gasteiger partial charge in [0.05, 0.1) is 17.3 Å². The lowest BCUT2D eigenvalue weighted by atomic mass is 9.77. The van der Waals surface area contributed by atoms with Crippen LogP contribution in [0.3, 0.4) is 0 Å². The molecular weight excluding hydrogens is 240 g/mol. The zero-order valence-corrected chi connectivity index (χ0v) is 11.3. The van der Waals surface area contributed by atoms with Crippen LogP contribution >= 0.6 is 0 Å². The topological polar surface area (TPSA) is 62.5 Å². The van der Waals surface area contributed by atoms with Gasteiger partial charge in [-0.3, -0.25) is 4.79 Å². The Hall–Kier alpha value is -1.78. The highest BCUT2D eigenvalue weighted by molar-refractivity contribution is 5.85. The van der Waals surface area contributed by atoms with Crippen molar-refractivity contribution in [2.45, 2.75) is 19.3 Å². The van der Waals surface area contributed by atoms with Crippen molar-refractivity contribution in [3.8, 4) is 0 Å². The molecule has 3 rings (SSSR count). The number of hydrogen-bond donors (Lipinski definition) is 1. The van der Waals surface area contributed by atoms with E-state index >= 15 is 0 Å². The molecule has 0 aliphatic carbocycles. The molecule has 1 aromatic heterocycles. The van der Waals surface area contributed by atoms with Crippen LogP contribution in [0.15, 0.2) is 18.3 Å². The summed E-state index contributed by atoms with van der Waals surface area (Å²) in [6, 6.07) is 3.83. The van der Waals surface area contributed by atoms with Crippen molar-refractivity contribution in [2.75, 3.05) is 37.3 Å². The molecule has 5 heteroatoms. The zero-order chi connectivity index (χ0) is 13.5. The van der Waals surface area contributed by atoms with Gasteiger partial charge in [0.2, 0.25) is 5.91 Å². The lowest BCUT2D eigenvalue weighted by Crippen LogP contribution is -2.44. The minimum absolute atomic E-state index is 0.0982. The smallest absolute Gasteiger partial charge is 0.228 e. The van der Waals surface area contributed by atoms with Crippen molar-refractivity contribution in [3.05, 3.63) is 18.3 Å². The summed E-state index contributed by atoms with van der Waals surface area (Å²) < 4.78 is 0. The third kappa shape index (κ3) is 2.03. The average molecular weight is 260 g/mol. The number of carbonyl (C=O) groups is 1. The molecule has 0 saturated carbocycles. The van der Waals surface area contributed by atoms with Crippen molar-refractivity contribution in [3.63, 3.8) is 0 Å². The van der Waals surface area contributed by atoms with E-state index in [0.29, 0.717) is 11.6 Å². The minimum Gasteiger partial charge on any atom is -0.397 e. The summed E-state index contributed by atoms with van der Waals surface area (Å²) >= 11 is 0. The van der Waals surface area contributed by atoms with Gasteiger partial charge in [-0.2, -0.15) is 0 Å². The zero-order valence-electron chi connectivity index (χ0n) is 11.3. The molecule has 1 amide bonds. The van der Waals surface area contributed by atoms with E-state index in [4.69, 9.17) is 5.73 Å². The Morgan fingerprint density at radius 2 is 1.89 bits per heavy atom. The molecule has 2 fully saturated rings. The van der Waals surface area contributed by atoms with E-state index in [1.54, 1.807) is 6.20 Å². The fraction of sp³-hybridized carbons (Fsp3) is 0.571. The summed E-state index contributed by atoms with van der Waals surface area (Å²) in [6.45, 7) is 2.70. The van der Waals surface area contributed by atoms with Crippen LogP contribution in [0.25, 0.3) is 0 Å². The first-order valence-electron chi connectivity index (χ1n) is 6.83. The Balaban J connectivity index is 1.70. The van der Waals surface area contributed by atoms with E-state index in [1.807, 2.05) is 24.1 Å². The lowest BCUT2D eigenvalue weighted by molar-refractivity contribution is -0.135. The van der Waals surface area contributed by atoms with Crippen molar-refractivity contribution in [1.82, 2.24) is 9.88 Å². The largest absolute Gasteiger partial charge is 0.397 e. The SMILES string of the molecule is CN1CCC2(CCN(c3ccc(N)cn3)CC2)C1=O. The van der Waals surface area contributed by atoms with Gasteiger partial charge >= 0.3 is 0 Å². The average Bonchev–Trinajstić information content (AvgIpc) is 2.70. The quantitative estimate of drug-likeness (QED) is 0.821. The molecule has 0 atom stereocenters. The molecule has 0 aromatic carbocycles. The number of nitrogens with zero attached hydrogens (tertiary/aromatic N) is 3. The molecule has 102 valence electrons. The number of likely N-dealkylation sites (tertiary alicyclic amines) is 1. The van der Waals surface area contributed by atoms with E-state index in [2.05, 4.69) is 9.88 Å². The van der Waals surface area contributed by atoms with Gasteiger partial charge in [0.1, 0.15) is 5.82 Å². The van der Waals surface area contributed by atoms with Gasteiger partial charge in [0.15, 0.2) is 0 Å². The summed E-state index contributed by atoms with van der Waals surface area (Å²) in [6.07, 6.45) is 4.56. The van der Waals surface area contributed by atoms with Gasteiger partial charge in [0, 0.05) is 26.7 Å². The molecule has 0 radical (unpaired) electrons. The third-order valence-electron chi connectivity index (χ3n) is 4.54. The number of carbonyl (C=O) groups excluding carboxylic acids is 1. The maximum absolute atomic E-state index is 12.2. The molecule has 5 nitrogen and oxygen atoms in total. The fourth-order valence-electron chi connectivity index (χ4n) is 3.21. The highest BCUT2D eigenvalue weighted by Crippen LogP contribution is 2.41. The second kappa shape index (κ2) is 4.40. The van der Waals surface area contributed by atoms with Crippen LogP contribution in [0.5, 0.6) is 0 Å². The van der Waals surface area contributed by atoms with Crippen molar-refractivity contribution in [2.24, 2.45) is 5.41 Å². The molecule has 2 aliphatic rings. The predicted octanol–water partition coefficient (Wildman–Crippen LogP) is 1.11. The van der Waals surface area contributed by atoms with Crippen LogP contribution in [0, 0.1) is 5.41 Å². The van der Waals surface area contributed by atoms with Crippen molar-refractivity contribution < 1.29 is 4.79 Å². The maximum Gasteiger partial charge on any atom is 0.228 e. The number of aromatic nitrogens is 1. The highest BCUT2D eigenvalue weighted by Gasteiger charge is 2.46. The van der Waals surface area contributed by atoms with Gasteiger partial charge < -0.3 is 15.5 Å². The first-order chi connectivity index (χ1) is 9.11. The van der Waals surface area contributed by atoms with Crippen LogP contribution < -0.4 is 10.6 Å². The molecule has 2 saturated heterocycles. The molecule has 1 spiro atoms. The Bertz CT molecular complexity index is 477. The number of hydrogen-bond acceptors (Lipinski definition) is 4. The molecule has 2 N–H and O–H groups in total. The van der Waals surface area contributed by atoms with E-state index in [-0.39, 0.29) is 5.41 Å². The minimum atomic E-state index is -0.0982. The number of rotatable bonds is 1. The normalized spacial score (nSPS) is 22.3. The van der Waals surface area contributed by atoms with Gasteiger partial charge in [-0.25, -0.2) is 4.98 Å². The van der Waals surface area contributed by atoms with Gasteiger partial charge in [0.25, 0.3) is 0 Å². The van der Waals surface area contributed by atoms with Crippen LogP contribution in [-0.4, -0.2) is 42.5 Å². The predicted molar refractivity (Wildman–Crippen MR) is 74.8 cm³/mol. The Morgan fingerprint density at radius 3 is 2.42 bits per heavy atom. The molecule has 19 heavy (non-hydrogen) atoms. The highest BCUT2D eigenvalue weighted by atomic mass is 16.2.